The molecular weight excluding hydrogens is 202 g/mol. The normalized spacial score (nSPS) is 19.8. The van der Waals surface area contributed by atoms with E-state index in [0.29, 0.717) is 0 Å². The van der Waals surface area contributed by atoms with Crippen molar-refractivity contribution in [3.8, 4) is 0 Å². The molecule has 14 heavy (non-hydrogen) atoms. The topological polar surface area (TPSA) is 40.5 Å². The second kappa shape index (κ2) is 7.07. The molecule has 0 saturated carbocycles. The first-order valence-electron chi connectivity index (χ1n) is 5.22. The lowest BCUT2D eigenvalue weighted by atomic mass is 10.1. The second-order valence-electron chi connectivity index (χ2n) is 3.74. The molecule has 0 radical (unpaired) electrons. The summed E-state index contributed by atoms with van der Waals surface area (Å²) in [5, 5.41) is 9.01. The number of likely N-dealkylation sites (tertiary alicyclic amines) is 1. The van der Waals surface area contributed by atoms with Crippen LogP contribution in [0.3, 0.4) is 0 Å². The van der Waals surface area contributed by atoms with E-state index in [0.717, 1.165) is 38.8 Å². The van der Waals surface area contributed by atoms with Gasteiger partial charge in [-0.25, -0.2) is 0 Å². The molecule has 1 heterocycles. The summed E-state index contributed by atoms with van der Waals surface area (Å²) >= 11 is 0. The molecule has 1 aliphatic rings. The Balaban J connectivity index is 0.00000169. The predicted octanol–water partition coefficient (Wildman–Crippen LogP) is 2.15. The largest absolute Gasteiger partial charge is 0.480 e. The Labute approximate surface area is 91.9 Å². The van der Waals surface area contributed by atoms with Crippen molar-refractivity contribution < 1.29 is 9.90 Å². The third kappa shape index (κ3) is 3.84. The van der Waals surface area contributed by atoms with E-state index in [1.54, 1.807) is 0 Å². The van der Waals surface area contributed by atoms with Crippen LogP contribution in [0.1, 0.15) is 39.0 Å². The fraction of sp³-hybridized carbons (Fsp3) is 0.900. The van der Waals surface area contributed by atoms with Crippen molar-refractivity contribution in [2.75, 3.05) is 13.1 Å². The first-order valence-corrected chi connectivity index (χ1v) is 5.22. The standard InChI is InChI=1S/C10H19NO2.ClH/c1-2-6-9(10(12)13)11-7-4-3-5-8-11;/h9H,2-8H2,1H3,(H,12,13);1H. The molecule has 84 valence electrons. The Bertz CT molecular complexity index is 170. The molecule has 0 amide bonds. The Kier molecular flexibility index (Phi) is 6.93. The van der Waals surface area contributed by atoms with Gasteiger partial charge in [-0.3, -0.25) is 9.69 Å². The maximum Gasteiger partial charge on any atom is 0.320 e. The van der Waals surface area contributed by atoms with Gasteiger partial charge in [-0.1, -0.05) is 19.8 Å². The van der Waals surface area contributed by atoms with E-state index in [4.69, 9.17) is 5.11 Å². The smallest absolute Gasteiger partial charge is 0.320 e. The summed E-state index contributed by atoms with van der Waals surface area (Å²) in [5.74, 6) is -0.649. The summed E-state index contributed by atoms with van der Waals surface area (Å²) in [6, 6.07) is -0.231. The minimum Gasteiger partial charge on any atom is -0.480 e. The van der Waals surface area contributed by atoms with Crippen LogP contribution in [0.25, 0.3) is 0 Å². The molecule has 4 heteroatoms. The Hall–Kier alpha value is -0.280. The molecular formula is C10H20ClNO2. The molecule has 1 aliphatic heterocycles. The van der Waals surface area contributed by atoms with Crippen LogP contribution in [-0.4, -0.2) is 35.1 Å². The Morgan fingerprint density at radius 3 is 2.36 bits per heavy atom. The molecule has 0 aromatic carbocycles. The van der Waals surface area contributed by atoms with Gasteiger partial charge in [-0.05, 0) is 32.4 Å². The highest BCUT2D eigenvalue weighted by molar-refractivity contribution is 5.85. The molecule has 1 saturated heterocycles. The van der Waals surface area contributed by atoms with Gasteiger partial charge in [0.15, 0.2) is 0 Å². The summed E-state index contributed by atoms with van der Waals surface area (Å²) in [5.41, 5.74) is 0. The van der Waals surface area contributed by atoms with E-state index in [9.17, 15) is 4.79 Å². The van der Waals surface area contributed by atoms with Crippen LogP contribution in [0.2, 0.25) is 0 Å². The first-order chi connectivity index (χ1) is 6.25. The number of rotatable bonds is 4. The highest BCUT2D eigenvalue weighted by Gasteiger charge is 2.25. The summed E-state index contributed by atoms with van der Waals surface area (Å²) in [6.07, 6.45) is 5.32. The van der Waals surface area contributed by atoms with E-state index < -0.39 is 5.97 Å². The number of carbonyl (C=O) groups is 1. The Morgan fingerprint density at radius 1 is 1.36 bits per heavy atom. The quantitative estimate of drug-likeness (QED) is 0.791. The van der Waals surface area contributed by atoms with Gasteiger partial charge in [0, 0.05) is 0 Å². The van der Waals surface area contributed by atoms with Gasteiger partial charge in [0.05, 0.1) is 0 Å². The highest BCUT2D eigenvalue weighted by Crippen LogP contribution is 2.15. The molecule has 1 unspecified atom stereocenters. The fourth-order valence-corrected chi connectivity index (χ4v) is 1.97. The van der Waals surface area contributed by atoms with Crippen molar-refractivity contribution in [2.45, 2.75) is 45.1 Å². The molecule has 0 aliphatic carbocycles. The van der Waals surface area contributed by atoms with Gasteiger partial charge in [-0.15, -0.1) is 12.4 Å². The molecule has 1 rings (SSSR count). The van der Waals surface area contributed by atoms with Crippen molar-refractivity contribution in [2.24, 2.45) is 0 Å². The zero-order valence-electron chi connectivity index (χ0n) is 8.74. The summed E-state index contributed by atoms with van der Waals surface area (Å²) in [6.45, 7) is 3.98. The number of carboxylic acids is 1. The number of hydrogen-bond donors (Lipinski definition) is 1. The average molecular weight is 222 g/mol. The average Bonchev–Trinajstić information content (AvgIpc) is 2.15. The zero-order valence-corrected chi connectivity index (χ0v) is 9.55. The summed E-state index contributed by atoms with van der Waals surface area (Å²) in [7, 11) is 0. The minimum atomic E-state index is -0.649. The molecule has 1 fully saturated rings. The lowest BCUT2D eigenvalue weighted by molar-refractivity contribution is -0.144. The van der Waals surface area contributed by atoms with Gasteiger partial charge in [-0.2, -0.15) is 0 Å². The van der Waals surface area contributed by atoms with Crippen molar-refractivity contribution in [3.05, 3.63) is 0 Å². The molecule has 0 spiro atoms. The lowest BCUT2D eigenvalue weighted by Crippen LogP contribution is -2.43. The molecule has 3 nitrogen and oxygen atoms in total. The van der Waals surface area contributed by atoms with Crippen molar-refractivity contribution in [1.82, 2.24) is 4.90 Å². The van der Waals surface area contributed by atoms with Gasteiger partial charge in [0.2, 0.25) is 0 Å². The monoisotopic (exact) mass is 221 g/mol. The van der Waals surface area contributed by atoms with Gasteiger partial charge in [0.1, 0.15) is 6.04 Å². The van der Waals surface area contributed by atoms with Gasteiger partial charge >= 0.3 is 5.97 Å². The second-order valence-corrected chi connectivity index (χ2v) is 3.74. The lowest BCUT2D eigenvalue weighted by Gasteiger charge is -2.31. The van der Waals surface area contributed by atoms with Gasteiger partial charge in [0.25, 0.3) is 0 Å². The maximum absolute atomic E-state index is 10.9. The molecule has 0 aromatic rings. The van der Waals surface area contributed by atoms with E-state index in [2.05, 4.69) is 4.90 Å². The number of carboxylic acid groups (broad SMARTS) is 1. The molecule has 0 bridgehead atoms. The number of piperidine rings is 1. The number of nitrogens with zero attached hydrogens (tertiary/aromatic N) is 1. The summed E-state index contributed by atoms with van der Waals surface area (Å²) in [4.78, 5) is 13.1. The first kappa shape index (κ1) is 13.7. The molecule has 1 N–H and O–H groups in total. The SMILES string of the molecule is CCCC(C(=O)O)N1CCCCC1.Cl. The predicted molar refractivity (Wildman–Crippen MR) is 59.0 cm³/mol. The van der Waals surface area contributed by atoms with E-state index in [-0.39, 0.29) is 18.4 Å². The van der Waals surface area contributed by atoms with Crippen molar-refractivity contribution >= 4 is 18.4 Å². The van der Waals surface area contributed by atoms with Gasteiger partial charge < -0.3 is 5.11 Å². The zero-order chi connectivity index (χ0) is 9.68. The van der Waals surface area contributed by atoms with Crippen LogP contribution in [0, 0.1) is 0 Å². The molecule has 1 atom stereocenters. The minimum absolute atomic E-state index is 0. The number of halogens is 1. The van der Waals surface area contributed by atoms with Crippen molar-refractivity contribution in [1.29, 1.82) is 0 Å². The molecule has 0 aromatic heterocycles. The fourth-order valence-electron chi connectivity index (χ4n) is 1.97. The van der Waals surface area contributed by atoms with Crippen LogP contribution < -0.4 is 0 Å². The third-order valence-electron chi connectivity index (χ3n) is 2.68. The van der Waals surface area contributed by atoms with Crippen molar-refractivity contribution in [3.63, 3.8) is 0 Å². The van der Waals surface area contributed by atoms with E-state index in [1.807, 2.05) is 6.92 Å². The Morgan fingerprint density at radius 2 is 1.93 bits per heavy atom. The van der Waals surface area contributed by atoms with Crippen LogP contribution in [0.4, 0.5) is 0 Å². The van der Waals surface area contributed by atoms with E-state index >= 15 is 0 Å². The van der Waals surface area contributed by atoms with Crippen LogP contribution in [-0.2, 0) is 4.79 Å². The third-order valence-corrected chi connectivity index (χ3v) is 2.68. The highest BCUT2D eigenvalue weighted by atomic mass is 35.5. The maximum atomic E-state index is 10.9. The number of aliphatic carboxylic acids is 1. The van der Waals surface area contributed by atoms with Crippen LogP contribution in [0.15, 0.2) is 0 Å². The summed E-state index contributed by atoms with van der Waals surface area (Å²) < 4.78 is 0. The van der Waals surface area contributed by atoms with Crippen LogP contribution in [0.5, 0.6) is 0 Å². The van der Waals surface area contributed by atoms with Crippen LogP contribution >= 0.6 is 12.4 Å². The number of hydrogen-bond acceptors (Lipinski definition) is 2. The van der Waals surface area contributed by atoms with E-state index in [1.165, 1.54) is 6.42 Å².